The van der Waals surface area contributed by atoms with Gasteiger partial charge in [-0.25, -0.2) is 14.5 Å². The Labute approximate surface area is 145 Å². The lowest BCUT2D eigenvalue weighted by molar-refractivity contribution is 0.0690. The zero-order valence-corrected chi connectivity index (χ0v) is 15.1. The molecule has 24 heavy (non-hydrogen) atoms. The van der Waals surface area contributed by atoms with Crippen molar-refractivity contribution in [2.45, 2.75) is 51.6 Å². The molecule has 7 nitrogen and oxygen atoms in total. The molecule has 0 aliphatic carbocycles. The first-order chi connectivity index (χ1) is 11.3. The monoisotopic (exact) mass is 349 g/mol. The van der Waals surface area contributed by atoms with E-state index in [0.29, 0.717) is 0 Å². The normalized spacial score (nSPS) is 19.5. The van der Waals surface area contributed by atoms with E-state index < -0.39 is 5.97 Å². The number of hydrogen-bond acceptors (Lipinski definition) is 6. The number of piperidine rings is 1. The third kappa shape index (κ3) is 3.81. The van der Waals surface area contributed by atoms with Crippen LogP contribution in [0.5, 0.6) is 0 Å². The average molecular weight is 349 g/mol. The molecule has 0 saturated carbocycles. The molecule has 2 aromatic heterocycles. The highest BCUT2D eigenvalue weighted by atomic mass is 32.1. The van der Waals surface area contributed by atoms with Crippen molar-refractivity contribution < 1.29 is 9.90 Å². The average Bonchev–Trinajstić information content (AvgIpc) is 3.16. The maximum atomic E-state index is 11.0. The predicted octanol–water partition coefficient (Wildman–Crippen LogP) is 2.57. The first kappa shape index (κ1) is 17.0. The van der Waals surface area contributed by atoms with Crippen molar-refractivity contribution in [3.05, 3.63) is 28.0 Å². The number of carboxylic acid groups (broad SMARTS) is 1. The molecule has 0 radical (unpaired) electrons. The third-order valence-electron chi connectivity index (χ3n) is 4.24. The number of carbonyl (C=O) groups is 1. The maximum Gasteiger partial charge on any atom is 0.358 e. The number of aromatic carboxylic acids is 1. The van der Waals surface area contributed by atoms with E-state index in [0.717, 1.165) is 37.5 Å². The lowest BCUT2D eigenvalue weighted by atomic mass is 9.96. The fourth-order valence-corrected chi connectivity index (χ4v) is 3.88. The van der Waals surface area contributed by atoms with Gasteiger partial charge >= 0.3 is 5.97 Å². The molecule has 130 valence electrons. The van der Waals surface area contributed by atoms with Crippen LogP contribution in [-0.2, 0) is 12.0 Å². The Morgan fingerprint density at radius 3 is 2.88 bits per heavy atom. The number of thiazole rings is 1. The van der Waals surface area contributed by atoms with Crippen molar-refractivity contribution in [1.82, 2.24) is 24.9 Å². The van der Waals surface area contributed by atoms with Gasteiger partial charge in [0, 0.05) is 17.6 Å². The molecule has 0 amide bonds. The fraction of sp³-hybridized carbons (Fsp3) is 0.625. The Hall–Kier alpha value is -1.80. The number of hydrogen-bond donors (Lipinski definition) is 1. The molecule has 1 atom stereocenters. The second-order valence-corrected chi connectivity index (χ2v) is 8.40. The van der Waals surface area contributed by atoms with Gasteiger partial charge in [-0.05, 0) is 24.8 Å². The first-order valence-corrected chi connectivity index (χ1v) is 8.97. The van der Waals surface area contributed by atoms with Crippen LogP contribution in [0.3, 0.4) is 0 Å². The summed E-state index contributed by atoms with van der Waals surface area (Å²) < 4.78 is 1.69. The van der Waals surface area contributed by atoms with Crippen LogP contribution in [0, 0.1) is 0 Å². The van der Waals surface area contributed by atoms with Crippen LogP contribution in [-0.4, -0.2) is 49.0 Å². The Bertz CT molecular complexity index is 718. The van der Waals surface area contributed by atoms with Gasteiger partial charge in [0.2, 0.25) is 0 Å². The molecular formula is C16H23N5O2S. The molecule has 1 fully saturated rings. The summed E-state index contributed by atoms with van der Waals surface area (Å²) in [5.74, 6) is -1.04. The Balaban J connectivity index is 1.65. The summed E-state index contributed by atoms with van der Waals surface area (Å²) in [6.07, 6.45) is 5.56. The molecule has 3 rings (SSSR count). The lowest BCUT2D eigenvalue weighted by Gasteiger charge is -2.31. The van der Waals surface area contributed by atoms with Gasteiger partial charge in [0.05, 0.1) is 18.8 Å². The van der Waals surface area contributed by atoms with Gasteiger partial charge in [-0.3, -0.25) is 4.90 Å². The second-order valence-electron chi connectivity index (χ2n) is 7.29. The molecule has 8 heteroatoms. The quantitative estimate of drug-likeness (QED) is 0.913. The molecule has 0 aromatic carbocycles. The molecule has 0 spiro atoms. The van der Waals surface area contributed by atoms with Gasteiger partial charge in [-0.2, -0.15) is 0 Å². The van der Waals surface area contributed by atoms with Crippen LogP contribution in [0.15, 0.2) is 12.4 Å². The number of nitrogens with zero attached hydrogens (tertiary/aromatic N) is 5. The molecule has 1 unspecified atom stereocenters. The van der Waals surface area contributed by atoms with E-state index in [1.165, 1.54) is 11.1 Å². The summed E-state index contributed by atoms with van der Waals surface area (Å²) in [6.45, 7) is 9.30. The molecule has 0 bridgehead atoms. The molecule has 2 aromatic rings. The van der Waals surface area contributed by atoms with Crippen molar-refractivity contribution in [2.75, 3.05) is 13.1 Å². The van der Waals surface area contributed by atoms with Crippen molar-refractivity contribution in [3.8, 4) is 0 Å². The van der Waals surface area contributed by atoms with E-state index in [2.05, 4.69) is 41.0 Å². The summed E-state index contributed by atoms with van der Waals surface area (Å²) >= 11 is 1.77. The van der Waals surface area contributed by atoms with Crippen LogP contribution in [0.4, 0.5) is 0 Å². The van der Waals surface area contributed by atoms with Crippen LogP contribution in [0.1, 0.15) is 60.0 Å². The molecule has 1 saturated heterocycles. The molecule has 1 aliphatic heterocycles. The summed E-state index contributed by atoms with van der Waals surface area (Å²) in [4.78, 5) is 19.2. The standard InChI is InChI=1S/C16H23N5O2S/c1-16(2,3)13-7-17-14(24-13)10-20-6-4-5-11(8-20)21-9-12(15(22)23)18-19-21/h7,9,11H,4-6,8,10H2,1-3H3,(H,22,23). The summed E-state index contributed by atoms with van der Waals surface area (Å²) in [7, 11) is 0. The van der Waals surface area contributed by atoms with E-state index in [4.69, 9.17) is 5.11 Å². The predicted molar refractivity (Wildman–Crippen MR) is 91.3 cm³/mol. The fourth-order valence-electron chi connectivity index (χ4n) is 2.87. The van der Waals surface area contributed by atoms with E-state index in [1.54, 1.807) is 16.0 Å². The smallest absolute Gasteiger partial charge is 0.358 e. The minimum absolute atomic E-state index is 0.00173. The van der Waals surface area contributed by atoms with Gasteiger partial charge in [0.15, 0.2) is 5.69 Å². The van der Waals surface area contributed by atoms with E-state index in [1.807, 2.05) is 6.20 Å². The zero-order valence-electron chi connectivity index (χ0n) is 14.3. The molecular weight excluding hydrogens is 326 g/mol. The first-order valence-electron chi connectivity index (χ1n) is 8.15. The van der Waals surface area contributed by atoms with Crippen molar-refractivity contribution in [3.63, 3.8) is 0 Å². The summed E-state index contributed by atoms with van der Waals surface area (Å²) in [6, 6.07) is 0.168. The molecule has 1 N–H and O–H groups in total. The number of carboxylic acids is 1. The molecule has 1 aliphatic rings. The largest absolute Gasteiger partial charge is 0.476 e. The SMILES string of the molecule is CC(C)(C)c1cnc(CN2CCCC(n3cc(C(=O)O)nn3)C2)s1. The highest BCUT2D eigenvalue weighted by molar-refractivity contribution is 7.11. The number of rotatable bonds is 4. The Morgan fingerprint density at radius 2 is 2.25 bits per heavy atom. The zero-order chi connectivity index (χ0) is 17.3. The van der Waals surface area contributed by atoms with Crippen LogP contribution in [0.25, 0.3) is 0 Å². The number of likely N-dealkylation sites (tertiary alicyclic amines) is 1. The van der Waals surface area contributed by atoms with Gasteiger partial charge in [-0.1, -0.05) is 26.0 Å². The topological polar surface area (TPSA) is 84.1 Å². The van der Waals surface area contributed by atoms with Gasteiger partial charge in [0.25, 0.3) is 0 Å². The summed E-state index contributed by atoms with van der Waals surface area (Å²) in [5.41, 5.74) is 0.135. The molecule has 3 heterocycles. The highest BCUT2D eigenvalue weighted by Gasteiger charge is 2.25. The second kappa shape index (κ2) is 6.60. The summed E-state index contributed by atoms with van der Waals surface area (Å²) in [5, 5.41) is 17.8. The lowest BCUT2D eigenvalue weighted by Crippen LogP contribution is -2.36. The van der Waals surface area contributed by atoms with Gasteiger partial charge in [-0.15, -0.1) is 16.4 Å². The highest BCUT2D eigenvalue weighted by Crippen LogP contribution is 2.29. The van der Waals surface area contributed by atoms with Crippen LogP contribution >= 0.6 is 11.3 Å². The van der Waals surface area contributed by atoms with Crippen LogP contribution < -0.4 is 0 Å². The van der Waals surface area contributed by atoms with E-state index >= 15 is 0 Å². The van der Waals surface area contributed by atoms with Gasteiger partial charge < -0.3 is 5.11 Å². The third-order valence-corrected chi connectivity index (χ3v) is 5.64. The van der Waals surface area contributed by atoms with Crippen molar-refractivity contribution in [2.24, 2.45) is 0 Å². The Morgan fingerprint density at radius 1 is 1.46 bits per heavy atom. The van der Waals surface area contributed by atoms with Gasteiger partial charge in [0.1, 0.15) is 5.01 Å². The van der Waals surface area contributed by atoms with Crippen LogP contribution in [0.2, 0.25) is 0 Å². The minimum atomic E-state index is -1.04. The minimum Gasteiger partial charge on any atom is -0.476 e. The Kier molecular flexibility index (Phi) is 4.69. The van der Waals surface area contributed by atoms with E-state index in [9.17, 15) is 4.79 Å². The number of aromatic nitrogens is 4. The maximum absolute atomic E-state index is 11.0. The van der Waals surface area contributed by atoms with Crippen molar-refractivity contribution in [1.29, 1.82) is 0 Å². The van der Waals surface area contributed by atoms with E-state index in [-0.39, 0.29) is 17.2 Å². The van der Waals surface area contributed by atoms with Crippen molar-refractivity contribution >= 4 is 17.3 Å².